The lowest BCUT2D eigenvalue weighted by Gasteiger charge is -2.08. The number of nitrogens with zero attached hydrogens (tertiary/aromatic N) is 1. The highest BCUT2D eigenvalue weighted by Gasteiger charge is 2.32. The number of benzene rings is 2. The van der Waals surface area contributed by atoms with E-state index in [1.165, 1.54) is 0 Å². The zero-order valence-electron chi connectivity index (χ0n) is 12.5. The van der Waals surface area contributed by atoms with Gasteiger partial charge in [0.05, 0.1) is 26.6 Å². The smallest absolute Gasteiger partial charge is 0.278 e. The van der Waals surface area contributed by atoms with Gasteiger partial charge in [-0.15, -0.1) is 0 Å². The molecule has 2 amide bonds. The minimum Gasteiger partial charge on any atom is -0.298 e. The van der Waals surface area contributed by atoms with E-state index in [1.54, 1.807) is 30.3 Å². The van der Waals surface area contributed by atoms with Crippen molar-refractivity contribution in [3.63, 3.8) is 0 Å². The summed E-state index contributed by atoms with van der Waals surface area (Å²) >= 11 is 6.26. The van der Waals surface area contributed by atoms with Gasteiger partial charge in [-0.1, -0.05) is 41.9 Å². The van der Waals surface area contributed by atoms with Crippen molar-refractivity contribution in [3.8, 4) is 0 Å². The maximum absolute atomic E-state index is 11.8. The predicted octanol–water partition coefficient (Wildman–Crippen LogP) is 2.78. The molecule has 0 radical (unpaired) electrons. The van der Waals surface area contributed by atoms with Crippen molar-refractivity contribution in [2.24, 2.45) is 0 Å². The van der Waals surface area contributed by atoms with Crippen LogP contribution in [0.15, 0.2) is 42.5 Å². The summed E-state index contributed by atoms with van der Waals surface area (Å²) in [6.07, 6.45) is 0.388. The molecule has 0 aliphatic carbocycles. The number of hydrogen-bond acceptors (Lipinski definition) is 5. The molecule has 124 valence electrons. The quantitative estimate of drug-likeness (QED) is 0.226. The normalized spacial score (nSPS) is 13.8. The third-order valence-corrected chi connectivity index (χ3v) is 4.14. The maximum Gasteiger partial charge on any atom is 0.278 e. The first-order valence-electron chi connectivity index (χ1n) is 7.03. The molecule has 0 atom stereocenters. The Hall–Kier alpha value is -3.32. The third-order valence-electron chi connectivity index (χ3n) is 3.72. The largest absolute Gasteiger partial charge is 0.298 e. The summed E-state index contributed by atoms with van der Waals surface area (Å²) in [6, 6.07) is 10.5. The average Bonchev–Trinajstić information content (AvgIpc) is 2.89. The van der Waals surface area contributed by atoms with E-state index in [-0.39, 0.29) is 27.3 Å². The second kappa shape index (κ2) is 6.29. The summed E-state index contributed by atoms with van der Waals surface area (Å²) in [5, 5.41) is 13.5. The molecule has 3 rings (SSSR count). The molecule has 0 unspecified atom stereocenters. The van der Waals surface area contributed by atoms with Crippen molar-refractivity contribution in [2.75, 3.05) is 0 Å². The van der Waals surface area contributed by atoms with Gasteiger partial charge in [-0.25, -0.2) is 0 Å². The minimum absolute atomic E-state index is 0.00313. The van der Waals surface area contributed by atoms with Crippen molar-refractivity contribution >= 4 is 46.0 Å². The molecule has 1 aliphatic rings. The molecule has 1 aliphatic heterocycles. The molecule has 8 heteroatoms. The molecular formula is C17H9ClN2O5. The number of carbonyl (C=O) groups is 3. The number of hydrogen-bond donors (Lipinski definition) is 1. The van der Waals surface area contributed by atoms with Crippen LogP contribution in [-0.4, -0.2) is 23.0 Å². The standard InChI is InChI=1S/C17H9ClN2O5/c18-15(9-4-2-1-3-5-9)13(8-21)10-6-11-12(7-14(10)20(24)25)17(23)19-16(11)22/h1-8H,(H,19,22,23)/b15-13-. The third kappa shape index (κ3) is 2.81. The summed E-state index contributed by atoms with van der Waals surface area (Å²) < 4.78 is 0. The SMILES string of the molecule is O=C/C(=C(/Cl)c1ccccc1)c1cc2c(cc1[N+](=O)[O-])C(=O)NC2=O. The number of imide groups is 1. The Morgan fingerprint density at radius 2 is 1.68 bits per heavy atom. The molecule has 0 bridgehead atoms. The van der Waals surface area contributed by atoms with Crippen molar-refractivity contribution in [3.05, 3.63) is 74.8 Å². The second-order valence-corrected chi connectivity index (χ2v) is 5.54. The van der Waals surface area contributed by atoms with Crippen LogP contribution in [0.1, 0.15) is 31.8 Å². The van der Waals surface area contributed by atoms with Gasteiger partial charge < -0.3 is 0 Å². The highest BCUT2D eigenvalue weighted by molar-refractivity contribution is 6.56. The van der Waals surface area contributed by atoms with Crippen molar-refractivity contribution in [2.45, 2.75) is 0 Å². The molecule has 2 aromatic carbocycles. The molecule has 1 N–H and O–H groups in total. The van der Waals surface area contributed by atoms with Crippen molar-refractivity contribution < 1.29 is 19.3 Å². The number of nitrogens with one attached hydrogen (secondary N) is 1. The van der Waals surface area contributed by atoms with Gasteiger partial charge in [-0.3, -0.25) is 29.8 Å². The number of fused-ring (bicyclic) bond motifs is 1. The lowest BCUT2D eigenvalue weighted by atomic mass is 9.97. The first kappa shape index (κ1) is 16.5. The number of nitro groups is 1. The van der Waals surface area contributed by atoms with Crippen LogP contribution >= 0.6 is 11.6 Å². The Labute approximate surface area is 146 Å². The van der Waals surface area contributed by atoms with Gasteiger partial charge in [0.1, 0.15) is 0 Å². The molecule has 0 fully saturated rings. The number of aldehydes is 1. The molecule has 1 heterocycles. The molecular weight excluding hydrogens is 348 g/mol. The van der Waals surface area contributed by atoms with Crippen LogP contribution in [-0.2, 0) is 4.79 Å². The molecule has 2 aromatic rings. The molecule has 25 heavy (non-hydrogen) atoms. The van der Waals surface area contributed by atoms with Gasteiger partial charge in [0, 0.05) is 11.6 Å². The van der Waals surface area contributed by atoms with Crippen molar-refractivity contribution in [1.82, 2.24) is 5.32 Å². The fraction of sp³-hybridized carbons (Fsp3) is 0. The lowest BCUT2D eigenvalue weighted by Crippen LogP contribution is -2.19. The van der Waals surface area contributed by atoms with Crippen LogP contribution < -0.4 is 5.32 Å². The van der Waals surface area contributed by atoms with Crippen LogP contribution in [0.3, 0.4) is 0 Å². The number of rotatable bonds is 4. The van der Waals surface area contributed by atoms with Gasteiger partial charge >= 0.3 is 0 Å². The van der Waals surface area contributed by atoms with Crippen LogP contribution in [0.25, 0.3) is 10.6 Å². The van der Waals surface area contributed by atoms with Crippen LogP contribution in [0, 0.1) is 10.1 Å². The first-order chi connectivity index (χ1) is 11.9. The Morgan fingerprint density at radius 3 is 2.24 bits per heavy atom. The van der Waals surface area contributed by atoms with E-state index in [0.29, 0.717) is 11.8 Å². The summed E-state index contributed by atoms with van der Waals surface area (Å²) in [5.74, 6) is -1.40. The first-order valence-corrected chi connectivity index (χ1v) is 7.40. The zero-order chi connectivity index (χ0) is 18.1. The Balaban J connectivity index is 2.30. The zero-order valence-corrected chi connectivity index (χ0v) is 13.2. The monoisotopic (exact) mass is 356 g/mol. The van der Waals surface area contributed by atoms with Gasteiger partial charge in [0.25, 0.3) is 17.5 Å². The maximum atomic E-state index is 11.8. The summed E-state index contributed by atoms with van der Waals surface area (Å²) in [4.78, 5) is 45.8. The molecule has 0 saturated carbocycles. The predicted molar refractivity (Wildman–Crippen MR) is 90.1 cm³/mol. The van der Waals surface area contributed by atoms with Gasteiger partial charge in [0.2, 0.25) is 0 Å². The van der Waals surface area contributed by atoms with E-state index in [4.69, 9.17) is 11.6 Å². The molecule has 0 spiro atoms. The number of amides is 2. The number of nitro benzene ring substituents is 1. The highest BCUT2D eigenvalue weighted by Crippen LogP contribution is 2.36. The highest BCUT2D eigenvalue weighted by atomic mass is 35.5. The molecule has 7 nitrogen and oxygen atoms in total. The van der Waals surface area contributed by atoms with E-state index in [1.807, 2.05) is 0 Å². The number of halogens is 1. The average molecular weight is 357 g/mol. The Bertz CT molecular complexity index is 967. The van der Waals surface area contributed by atoms with Gasteiger partial charge in [-0.05, 0) is 11.6 Å². The van der Waals surface area contributed by atoms with Gasteiger partial charge in [-0.2, -0.15) is 0 Å². The number of carbonyl (C=O) groups excluding carboxylic acids is 3. The summed E-state index contributed by atoms with van der Waals surface area (Å²) in [6.45, 7) is 0. The van der Waals surface area contributed by atoms with E-state index in [0.717, 1.165) is 12.1 Å². The Kier molecular flexibility index (Phi) is 4.16. The van der Waals surface area contributed by atoms with E-state index < -0.39 is 22.4 Å². The van der Waals surface area contributed by atoms with Gasteiger partial charge in [0.15, 0.2) is 6.29 Å². The fourth-order valence-electron chi connectivity index (χ4n) is 2.54. The van der Waals surface area contributed by atoms with Crippen molar-refractivity contribution in [1.29, 1.82) is 0 Å². The topological polar surface area (TPSA) is 106 Å². The Morgan fingerprint density at radius 1 is 1.08 bits per heavy atom. The van der Waals surface area contributed by atoms with Crippen LogP contribution in [0.4, 0.5) is 5.69 Å². The second-order valence-electron chi connectivity index (χ2n) is 5.17. The summed E-state index contributed by atoms with van der Waals surface area (Å²) in [5.41, 5.74) is -0.419. The summed E-state index contributed by atoms with van der Waals surface area (Å²) in [7, 11) is 0. The molecule has 0 aromatic heterocycles. The molecule has 0 saturated heterocycles. The number of allylic oxidation sites excluding steroid dienone is 1. The lowest BCUT2D eigenvalue weighted by molar-refractivity contribution is -0.385. The van der Waals surface area contributed by atoms with E-state index in [9.17, 15) is 24.5 Å². The van der Waals surface area contributed by atoms with E-state index >= 15 is 0 Å². The minimum atomic E-state index is -0.732. The van der Waals surface area contributed by atoms with E-state index in [2.05, 4.69) is 5.32 Å². The van der Waals surface area contributed by atoms with Crippen LogP contribution in [0.5, 0.6) is 0 Å². The van der Waals surface area contributed by atoms with Crippen LogP contribution in [0.2, 0.25) is 0 Å². The fourth-order valence-corrected chi connectivity index (χ4v) is 2.81.